The van der Waals surface area contributed by atoms with Crippen molar-refractivity contribution in [2.75, 3.05) is 6.54 Å². The molecule has 7 heteroatoms. The average molecular weight is 297 g/mol. The highest BCUT2D eigenvalue weighted by atomic mass is 32.2. The predicted octanol–water partition coefficient (Wildman–Crippen LogP) is 2.11. The second kappa shape index (κ2) is 5.50. The van der Waals surface area contributed by atoms with Crippen LogP contribution in [0.3, 0.4) is 0 Å². The van der Waals surface area contributed by atoms with Crippen molar-refractivity contribution in [3.05, 3.63) is 40.6 Å². The molecule has 1 aliphatic heterocycles. The fraction of sp³-hybridized carbons (Fsp3) is 0.0833. The Morgan fingerprint density at radius 2 is 2.16 bits per heavy atom. The minimum absolute atomic E-state index is 0.162. The van der Waals surface area contributed by atoms with Crippen LogP contribution in [0.15, 0.2) is 29.2 Å². The Morgan fingerprint density at radius 3 is 2.79 bits per heavy atom. The smallest absolute Gasteiger partial charge is 0.323 e. The molecule has 98 valence electrons. The van der Waals surface area contributed by atoms with Crippen LogP contribution in [0.25, 0.3) is 6.08 Å². The first kappa shape index (κ1) is 13.7. The summed E-state index contributed by atoms with van der Waals surface area (Å²) in [7, 11) is 0. The van der Waals surface area contributed by atoms with E-state index in [9.17, 15) is 14.0 Å². The molecule has 4 nitrogen and oxygen atoms in total. The Balaban J connectivity index is 2.28. The Hall–Kier alpha value is -1.73. The van der Waals surface area contributed by atoms with Gasteiger partial charge in [-0.3, -0.25) is 14.5 Å². The lowest BCUT2D eigenvalue weighted by Crippen LogP contribution is -2.33. The van der Waals surface area contributed by atoms with Gasteiger partial charge in [0.15, 0.2) is 0 Å². The van der Waals surface area contributed by atoms with Crippen molar-refractivity contribution < 1.29 is 19.1 Å². The molecule has 1 saturated heterocycles. The van der Waals surface area contributed by atoms with Crippen LogP contribution in [0.2, 0.25) is 0 Å². The number of carboxylic acids is 1. The summed E-state index contributed by atoms with van der Waals surface area (Å²) in [6, 6.07) is 6.00. The lowest BCUT2D eigenvalue weighted by atomic mass is 10.2. The van der Waals surface area contributed by atoms with E-state index in [1.807, 2.05) is 0 Å². The minimum atomic E-state index is -1.15. The van der Waals surface area contributed by atoms with E-state index in [1.54, 1.807) is 12.1 Å². The molecule has 2 rings (SSSR count). The number of amides is 1. The summed E-state index contributed by atoms with van der Waals surface area (Å²) in [4.78, 5) is 23.8. The maximum atomic E-state index is 13.5. The summed E-state index contributed by atoms with van der Waals surface area (Å²) in [5.74, 6) is -2.12. The molecular formula is C12H8FNO3S2. The first-order chi connectivity index (χ1) is 8.99. The molecule has 0 atom stereocenters. The van der Waals surface area contributed by atoms with Crippen LogP contribution in [-0.4, -0.2) is 32.7 Å². The van der Waals surface area contributed by atoms with Crippen LogP contribution >= 0.6 is 24.0 Å². The maximum absolute atomic E-state index is 13.5. The zero-order chi connectivity index (χ0) is 14.0. The van der Waals surface area contributed by atoms with Crippen molar-refractivity contribution in [1.29, 1.82) is 0 Å². The van der Waals surface area contributed by atoms with Gasteiger partial charge < -0.3 is 5.11 Å². The number of carbonyl (C=O) groups excluding carboxylic acids is 1. The van der Waals surface area contributed by atoms with Crippen LogP contribution in [0.5, 0.6) is 0 Å². The van der Waals surface area contributed by atoms with Gasteiger partial charge in [-0.2, -0.15) is 0 Å². The predicted molar refractivity (Wildman–Crippen MR) is 73.9 cm³/mol. The normalized spacial score (nSPS) is 17.3. The van der Waals surface area contributed by atoms with Gasteiger partial charge in [0.1, 0.15) is 16.7 Å². The molecule has 0 spiro atoms. The second-order valence-corrected chi connectivity index (χ2v) is 5.36. The number of thioether (sulfide) groups is 1. The quantitative estimate of drug-likeness (QED) is 0.684. The molecule has 0 saturated carbocycles. The number of rotatable bonds is 3. The van der Waals surface area contributed by atoms with Crippen molar-refractivity contribution in [2.24, 2.45) is 0 Å². The van der Waals surface area contributed by atoms with Gasteiger partial charge in [0.05, 0.1) is 4.91 Å². The number of hydrogen-bond acceptors (Lipinski definition) is 4. The number of benzene rings is 1. The molecule has 0 bridgehead atoms. The van der Waals surface area contributed by atoms with E-state index in [4.69, 9.17) is 17.3 Å². The van der Waals surface area contributed by atoms with E-state index in [2.05, 4.69) is 0 Å². The number of halogens is 1. The van der Waals surface area contributed by atoms with Crippen LogP contribution in [0.1, 0.15) is 5.56 Å². The maximum Gasteiger partial charge on any atom is 0.323 e. The van der Waals surface area contributed by atoms with Gasteiger partial charge in [-0.25, -0.2) is 4.39 Å². The lowest BCUT2D eigenvalue weighted by molar-refractivity contribution is -0.140. The van der Waals surface area contributed by atoms with E-state index in [0.29, 0.717) is 0 Å². The van der Waals surface area contributed by atoms with Crippen molar-refractivity contribution in [2.45, 2.75) is 0 Å². The van der Waals surface area contributed by atoms with Gasteiger partial charge in [0.2, 0.25) is 0 Å². The number of thiocarbonyl (C=S) groups is 1. The Kier molecular flexibility index (Phi) is 3.96. The first-order valence-electron chi connectivity index (χ1n) is 5.20. The highest BCUT2D eigenvalue weighted by Gasteiger charge is 2.33. The van der Waals surface area contributed by atoms with E-state index >= 15 is 0 Å². The fourth-order valence-corrected chi connectivity index (χ4v) is 2.75. The average Bonchev–Trinajstić information content (AvgIpc) is 2.60. The van der Waals surface area contributed by atoms with Gasteiger partial charge >= 0.3 is 5.97 Å². The van der Waals surface area contributed by atoms with Crippen LogP contribution in [-0.2, 0) is 9.59 Å². The number of nitrogens with zero attached hydrogens (tertiary/aromatic N) is 1. The van der Waals surface area contributed by atoms with Gasteiger partial charge in [0, 0.05) is 5.56 Å². The van der Waals surface area contributed by atoms with E-state index in [1.165, 1.54) is 18.2 Å². The van der Waals surface area contributed by atoms with Gasteiger partial charge in [0.25, 0.3) is 5.91 Å². The van der Waals surface area contributed by atoms with Crippen molar-refractivity contribution >= 4 is 46.3 Å². The van der Waals surface area contributed by atoms with Crippen molar-refractivity contribution in [1.82, 2.24) is 4.90 Å². The summed E-state index contributed by atoms with van der Waals surface area (Å²) in [6.07, 6.45) is 1.37. The van der Waals surface area contributed by atoms with Crippen LogP contribution in [0.4, 0.5) is 4.39 Å². The lowest BCUT2D eigenvalue weighted by Gasteiger charge is -2.10. The first-order valence-corrected chi connectivity index (χ1v) is 6.43. The van der Waals surface area contributed by atoms with Gasteiger partial charge in [-0.15, -0.1) is 0 Å². The topological polar surface area (TPSA) is 57.6 Å². The Morgan fingerprint density at radius 1 is 1.47 bits per heavy atom. The third kappa shape index (κ3) is 2.99. The molecule has 1 aromatic rings. The van der Waals surface area contributed by atoms with Gasteiger partial charge in [-0.1, -0.05) is 42.2 Å². The van der Waals surface area contributed by atoms with E-state index in [-0.39, 0.29) is 14.8 Å². The fourth-order valence-electron chi connectivity index (χ4n) is 1.50. The molecule has 1 amide bonds. The Bertz CT molecular complexity index is 600. The molecule has 0 unspecified atom stereocenters. The number of aliphatic carboxylic acids is 1. The standard InChI is InChI=1S/C12H8FNO3S2/c13-8-4-2-1-3-7(8)5-9-11(17)14(6-10(15)16)12(18)19-9/h1-5H,6H2,(H,15,16)/b9-5+. The largest absolute Gasteiger partial charge is 0.480 e. The second-order valence-electron chi connectivity index (χ2n) is 3.68. The minimum Gasteiger partial charge on any atom is -0.480 e. The number of carboxylic acid groups (broad SMARTS) is 1. The van der Waals surface area contributed by atoms with Crippen LogP contribution < -0.4 is 0 Å². The SMILES string of the molecule is O=C(O)CN1C(=O)/C(=C\c2ccccc2F)SC1=S. The van der Waals surface area contributed by atoms with E-state index in [0.717, 1.165) is 16.7 Å². The molecule has 1 aromatic carbocycles. The summed E-state index contributed by atoms with van der Waals surface area (Å²) in [6.45, 7) is -0.487. The third-order valence-electron chi connectivity index (χ3n) is 2.36. The monoisotopic (exact) mass is 297 g/mol. The van der Waals surface area contributed by atoms with Crippen molar-refractivity contribution in [3.8, 4) is 0 Å². The molecular weight excluding hydrogens is 289 g/mol. The molecule has 0 aromatic heterocycles. The molecule has 0 radical (unpaired) electrons. The summed E-state index contributed by atoms with van der Waals surface area (Å²) in [5.41, 5.74) is 0.262. The molecule has 1 fully saturated rings. The zero-order valence-corrected chi connectivity index (χ0v) is 11.1. The van der Waals surface area contributed by atoms with Gasteiger partial charge in [-0.05, 0) is 12.1 Å². The molecule has 1 heterocycles. The summed E-state index contributed by atoms with van der Waals surface area (Å²) >= 11 is 5.90. The molecule has 19 heavy (non-hydrogen) atoms. The Labute approximate surface area is 117 Å². The van der Waals surface area contributed by atoms with Crippen molar-refractivity contribution in [3.63, 3.8) is 0 Å². The van der Waals surface area contributed by atoms with E-state index < -0.39 is 24.2 Å². The van der Waals surface area contributed by atoms with Crippen LogP contribution in [0, 0.1) is 5.82 Å². The highest BCUT2D eigenvalue weighted by Crippen LogP contribution is 2.32. The zero-order valence-electron chi connectivity index (χ0n) is 9.50. The molecule has 1 N–H and O–H groups in total. The molecule has 1 aliphatic rings. The highest BCUT2D eigenvalue weighted by molar-refractivity contribution is 8.26. The number of carbonyl (C=O) groups is 2. The summed E-state index contributed by atoms with van der Waals surface area (Å²) in [5, 5.41) is 8.69. The summed E-state index contributed by atoms with van der Waals surface area (Å²) < 4.78 is 13.6. The number of hydrogen-bond donors (Lipinski definition) is 1. The third-order valence-corrected chi connectivity index (χ3v) is 3.74. The molecule has 0 aliphatic carbocycles.